The number of imide groups is 1. The van der Waals surface area contributed by atoms with Gasteiger partial charge in [-0.1, -0.05) is 47.5 Å². The molecule has 0 aliphatic carbocycles. The first-order valence-electron chi connectivity index (χ1n) is 22.9. The summed E-state index contributed by atoms with van der Waals surface area (Å²) >= 11 is 0. The molecule has 0 saturated carbocycles. The molecule has 3 amide bonds. The van der Waals surface area contributed by atoms with Gasteiger partial charge in [-0.2, -0.15) is 0 Å². The van der Waals surface area contributed by atoms with Gasteiger partial charge in [-0.25, -0.2) is 21.6 Å². The standard InChI is InChI=1S/C48H64N2O18S2/c1-37-3-11-42(12-4-37)69(56,57)35-41(36-70(58,59)43-13-5-38(2)6-14-43)47(54)39-7-9-40(10-8-39)48(55)49-18-20-61-22-24-63-26-28-65-30-32-67-34-33-66-31-29-64-27-25-62-23-21-60-19-17-46(53)68-50-44(51)15-16-45(50)52/h3-14,41H,15-36H2,1-2H3,(H,49,55). The van der Waals surface area contributed by atoms with Gasteiger partial charge in [0, 0.05) is 30.5 Å². The fraction of sp³-hybridized carbons (Fsp3) is 0.521. The molecule has 3 aromatic rings. The first-order chi connectivity index (χ1) is 33.7. The van der Waals surface area contributed by atoms with Crippen molar-refractivity contribution in [2.24, 2.45) is 5.92 Å². The highest BCUT2D eigenvalue weighted by Crippen LogP contribution is 2.23. The van der Waals surface area contributed by atoms with Crippen molar-refractivity contribution < 1.29 is 83.5 Å². The van der Waals surface area contributed by atoms with Gasteiger partial charge in [0.1, 0.15) is 0 Å². The van der Waals surface area contributed by atoms with E-state index in [4.69, 9.17) is 42.7 Å². The summed E-state index contributed by atoms with van der Waals surface area (Å²) in [6.45, 7) is 9.13. The minimum absolute atomic E-state index is 0.0160. The molecule has 70 heavy (non-hydrogen) atoms. The maximum atomic E-state index is 13.8. The molecule has 1 saturated heterocycles. The third kappa shape index (κ3) is 21.5. The van der Waals surface area contributed by atoms with E-state index in [9.17, 15) is 40.8 Å². The molecule has 1 aliphatic heterocycles. The Kier molecular flexibility index (Phi) is 25.8. The van der Waals surface area contributed by atoms with Crippen molar-refractivity contribution in [3.8, 4) is 0 Å². The molecule has 0 radical (unpaired) electrons. The summed E-state index contributed by atoms with van der Waals surface area (Å²) in [6, 6.07) is 17.9. The number of hydrogen-bond donors (Lipinski definition) is 1. The minimum atomic E-state index is -4.05. The number of ether oxygens (including phenoxy) is 8. The molecule has 1 heterocycles. The van der Waals surface area contributed by atoms with Gasteiger partial charge >= 0.3 is 5.97 Å². The minimum Gasteiger partial charge on any atom is -0.378 e. The molecule has 0 spiro atoms. The lowest BCUT2D eigenvalue weighted by Crippen LogP contribution is -2.32. The average Bonchev–Trinajstić information content (AvgIpc) is 3.65. The van der Waals surface area contributed by atoms with Gasteiger partial charge < -0.3 is 48.0 Å². The van der Waals surface area contributed by atoms with Crippen molar-refractivity contribution in [2.75, 3.05) is 124 Å². The Labute approximate surface area is 409 Å². The number of nitrogens with zero attached hydrogens (tertiary/aromatic N) is 1. The normalized spacial score (nSPS) is 13.0. The van der Waals surface area contributed by atoms with Crippen LogP contribution in [0.5, 0.6) is 0 Å². The smallest absolute Gasteiger partial charge is 0.335 e. The van der Waals surface area contributed by atoms with E-state index in [2.05, 4.69) is 5.32 Å². The largest absolute Gasteiger partial charge is 0.378 e. The Morgan fingerprint density at radius 3 is 1.23 bits per heavy atom. The summed E-state index contributed by atoms with van der Waals surface area (Å²) in [4.78, 5) is 65.9. The van der Waals surface area contributed by atoms with E-state index in [0.717, 1.165) is 11.1 Å². The zero-order chi connectivity index (χ0) is 50.6. The van der Waals surface area contributed by atoms with Crippen molar-refractivity contribution in [3.05, 3.63) is 95.1 Å². The first kappa shape index (κ1) is 57.6. The van der Waals surface area contributed by atoms with Gasteiger partial charge in [0.25, 0.3) is 17.7 Å². The maximum Gasteiger partial charge on any atom is 0.335 e. The Balaban J connectivity index is 0.956. The zero-order valence-corrected chi connectivity index (χ0v) is 41.3. The number of nitrogens with one attached hydrogen (secondary N) is 1. The van der Waals surface area contributed by atoms with E-state index in [-0.39, 0.29) is 66.5 Å². The number of benzene rings is 3. The lowest BCUT2D eigenvalue weighted by molar-refractivity contribution is -0.198. The van der Waals surface area contributed by atoms with E-state index in [1.807, 2.05) is 13.8 Å². The molecule has 1 N–H and O–H groups in total. The van der Waals surface area contributed by atoms with Crippen molar-refractivity contribution in [3.63, 3.8) is 0 Å². The predicted octanol–water partition coefficient (Wildman–Crippen LogP) is 2.91. The van der Waals surface area contributed by atoms with Crippen molar-refractivity contribution in [1.29, 1.82) is 0 Å². The zero-order valence-electron chi connectivity index (χ0n) is 39.7. The molecule has 0 atom stereocenters. The lowest BCUT2D eigenvalue weighted by Gasteiger charge is -2.17. The Morgan fingerprint density at radius 1 is 0.500 bits per heavy atom. The Hall–Kier alpha value is -5.01. The van der Waals surface area contributed by atoms with Crippen LogP contribution in [0, 0.1) is 19.8 Å². The molecular weight excluding hydrogens is 957 g/mol. The quantitative estimate of drug-likeness (QED) is 0.0495. The molecule has 0 bridgehead atoms. The number of carbonyl (C=O) groups excluding carboxylic acids is 5. The summed E-state index contributed by atoms with van der Waals surface area (Å²) in [7, 11) is -8.10. The second kappa shape index (κ2) is 31.4. The first-order valence-corrected chi connectivity index (χ1v) is 26.2. The molecule has 1 fully saturated rings. The van der Waals surface area contributed by atoms with Gasteiger partial charge in [-0.15, -0.1) is 5.06 Å². The maximum absolute atomic E-state index is 13.8. The van der Waals surface area contributed by atoms with Gasteiger partial charge in [0.15, 0.2) is 25.5 Å². The van der Waals surface area contributed by atoms with E-state index in [0.29, 0.717) is 91.0 Å². The van der Waals surface area contributed by atoms with Crippen molar-refractivity contribution in [1.82, 2.24) is 10.4 Å². The molecule has 0 aromatic heterocycles. The average molecular weight is 1020 g/mol. The number of sulfone groups is 2. The van der Waals surface area contributed by atoms with Crippen LogP contribution < -0.4 is 5.32 Å². The number of carbonyl (C=O) groups is 5. The van der Waals surface area contributed by atoms with Gasteiger partial charge in [0.05, 0.1) is 139 Å². The molecule has 3 aromatic carbocycles. The number of hydrogen-bond acceptors (Lipinski definition) is 18. The number of rotatable bonds is 37. The van der Waals surface area contributed by atoms with Crippen LogP contribution in [0.2, 0.25) is 0 Å². The highest BCUT2D eigenvalue weighted by atomic mass is 32.2. The molecule has 22 heteroatoms. The second-order valence-corrected chi connectivity index (χ2v) is 19.8. The molecule has 4 rings (SSSR count). The summed E-state index contributed by atoms with van der Waals surface area (Å²) in [5, 5.41) is 3.24. The molecule has 0 unspecified atom stereocenters. The van der Waals surface area contributed by atoms with Crippen molar-refractivity contribution in [2.45, 2.75) is 42.9 Å². The summed E-state index contributed by atoms with van der Waals surface area (Å²) < 4.78 is 97.2. The SMILES string of the molecule is Cc1ccc(S(=O)(=O)CC(CS(=O)(=O)c2ccc(C)cc2)C(=O)c2ccc(C(=O)NCCOCCOCCOCCOCCOCCOCCOCCOCCC(=O)ON3C(=O)CCC3=O)cc2)cc1. The van der Waals surface area contributed by atoms with Crippen LogP contribution in [0.3, 0.4) is 0 Å². The number of ketones is 1. The van der Waals surface area contributed by atoms with Gasteiger partial charge in [-0.05, 0) is 50.2 Å². The van der Waals surface area contributed by atoms with Crippen molar-refractivity contribution >= 4 is 49.1 Å². The predicted molar refractivity (Wildman–Crippen MR) is 251 cm³/mol. The Bertz CT molecular complexity index is 2220. The highest BCUT2D eigenvalue weighted by molar-refractivity contribution is 7.92. The summed E-state index contributed by atoms with van der Waals surface area (Å²) in [5.41, 5.74) is 2.01. The van der Waals surface area contributed by atoms with Crippen LogP contribution in [-0.4, -0.2) is 175 Å². The van der Waals surface area contributed by atoms with Gasteiger partial charge in [0.2, 0.25) is 0 Å². The van der Waals surface area contributed by atoms with Crippen LogP contribution in [0.1, 0.15) is 51.1 Å². The number of aryl methyl sites for hydroxylation is 2. The van der Waals surface area contributed by atoms with Crippen LogP contribution in [0.4, 0.5) is 0 Å². The van der Waals surface area contributed by atoms with Crippen LogP contribution >= 0.6 is 0 Å². The fourth-order valence-corrected chi connectivity index (χ4v) is 9.61. The molecular formula is C48H64N2O18S2. The van der Waals surface area contributed by atoms with Crippen LogP contribution in [-0.2, 0) is 76.8 Å². The van der Waals surface area contributed by atoms with E-state index in [1.165, 1.54) is 48.5 Å². The van der Waals surface area contributed by atoms with Gasteiger partial charge in [-0.3, -0.25) is 19.2 Å². The molecule has 386 valence electrons. The lowest BCUT2D eigenvalue weighted by atomic mass is 9.99. The summed E-state index contributed by atoms with van der Waals surface area (Å²) in [6.07, 6.45) is -0.0192. The molecule has 1 aliphatic rings. The highest BCUT2D eigenvalue weighted by Gasteiger charge is 2.34. The Morgan fingerprint density at radius 2 is 0.843 bits per heavy atom. The van der Waals surface area contributed by atoms with E-state index in [1.54, 1.807) is 24.3 Å². The number of amides is 3. The van der Waals surface area contributed by atoms with Crippen LogP contribution in [0.25, 0.3) is 0 Å². The third-order valence-electron chi connectivity index (χ3n) is 10.2. The fourth-order valence-electron chi connectivity index (χ4n) is 6.38. The number of hydroxylamine groups is 2. The summed E-state index contributed by atoms with van der Waals surface area (Å²) in [5.74, 6) is -5.73. The topological polar surface area (TPSA) is 252 Å². The second-order valence-electron chi connectivity index (χ2n) is 15.8. The monoisotopic (exact) mass is 1020 g/mol. The number of Topliss-reactive ketones (excluding diaryl/α,β-unsaturated/α-hetero) is 1. The van der Waals surface area contributed by atoms with Crippen LogP contribution in [0.15, 0.2) is 82.6 Å². The molecule has 20 nitrogen and oxygen atoms in total. The van der Waals surface area contributed by atoms with E-state index < -0.39 is 66.6 Å². The third-order valence-corrected chi connectivity index (χ3v) is 13.9. The van der Waals surface area contributed by atoms with E-state index >= 15 is 0 Å².